The van der Waals surface area contributed by atoms with Crippen LogP contribution in [0.2, 0.25) is 0 Å². The molecule has 0 saturated carbocycles. The maximum Gasteiger partial charge on any atom is 0.416 e. The Morgan fingerprint density at radius 2 is 1.70 bits per heavy atom. The molecule has 3 aromatic rings. The lowest BCUT2D eigenvalue weighted by atomic mass is 10.0. The Kier molecular flexibility index (Phi) is 9.49. The van der Waals surface area contributed by atoms with Gasteiger partial charge in [0.2, 0.25) is 0 Å². The second-order valence-electron chi connectivity index (χ2n) is 10.7. The minimum absolute atomic E-state index is 0.0260. The Morgan fingerprint density at radius 3 is 2.35 bits per heavy atom. The van der Waals surface area contributed by atoms with Crippen molar-refractivity contribution >= 4 is 9.84 Å². The number of hydrogen-bond acceptors (Lipinski definition) is 9. The summed E-state index contributed by atoms with van der Waals surface area (Å²) in [7, 11) is -3.94. The van der Waals surface area contributed by atoms with E-state index < -0.39 is 50.7 Å². The minimum Gasteiger partial charge on any atom is -0.379 e. The zero-order chi connectivity index (χ0) is 30.8. The molecule has 0 aliphatic carbocycles. The van der Waals surface area contributed by atoms with Crippen LogP contribution in [0, 0.1) is 5.82 Å². The molecule has 2 unspecified atom stereocenters. The van der Waals surface area contributed by atoms with Crippen molar-refractivity contribution in [2.24, 2.45) is 0 Å². The lowest BCUT2D eigenvalue weighted by Crippen LogP contribution is -2.46. The van der Waals surface area contributed by atoms with Crippen molar-refractivity contribution < 1.29 is 40.2 Å². The van der Waals surface area contributed by atoms with Gasteiger partial charge in [-0.1, -0.05) is 12.1 Å². The number of H-pyrrole nitrogens is 1. The Hall–Kier alpha value is -2.95. The maximum atomic E-state index is 13.9. The predicted octanol–water partition coefficient (Wildman–Crippen LogP) is 3.88. The molecule has 10 nitrogen and oxygen atoms in total. The van der Waals surface area contributed by atoms with Gasteiger partial charge >= 0.3 is 6.18 Å². The van der Waals surface area contributed by atoms with Gasteiger partial charge in [0.1, 0.15) is 17.2 Å². The summed E-state index contributed by atoms with van der Waals surface area (Å²) in [4.78, 5) is 3.80. The highest BCUT2D eigenvalue weighted by Gasteiger charge is 2.38. The summed E-state index contributed by atoms with van der Waals surface area (Å²) in [6.07, 6.45) is -5.89. The summed E-state index contributed by atoms with van der Waals surface area (Å²) < 4.78 is 96.9. The number of morpholine rings is 2. The van der Waals surface area contributed by atoms with Crippen molar-refractivity contribution in [2.75, 3.05) is 45.7 Å². The van der Waals surface area contributed by atoms with Crippen molar-refractivity contribution in [1.29, 1.82) is 0 Å². The normalized spacial score (nSPS) is 21.6. The molecule has 2 aromatic carbocycles. The van der Waals surface area contributed by atoms with E-state index in [9.17, 15) is 26.0 Å². The first-order chi connectivity index (χ1) is 20.4. The molecule has 2 aliphatic heterocycles. The molecule has 43 heavy (non-hydrogen) atoms. The van der Waals surface area contributed by atoms with E-state index in [2.05, 4.69) is 20.3 Å². The summed E-state index contributed by atoms with van der Waals surface area (Å²) in [6.45, 7) is 5.97. The molecule has 2 fully saturated rings. The average molecular weight is 628 g/mol. The Balaban J connectivity index is 1.42. The summed E-state index contributed by atoms with van der Waals surface area (Å²) in [5.74, 6) is -0.431. The van der Waals surface area contributed by atoms with Crippen molar-refractivity contribution in [2.45, 2.75) is 49.5 Å². The molecule has 15 heteroatoms. The number of aromatic nitrogens is 3. The third-order valence-corrected chi connectivity index (χ3v) is 8.64. The number of ether oxygens (including phenoxy) is 3. The molecule has 0 amide bonds. The number of nitrogens with one attached hydrogen (secondary N) is 1. The van der Waals surface area contributed by atoms with E-state index in [1.54, 1.807) is 12.1 Å². The van der Waals surface area contributed by atoms with E-state index in [4.69, 9.17) is 14.2 Å². The van der Waals surface area contributed by atoms with E-state index in [1.165, 1.54) is 25.1 Å². The highest BCUT2D eigenvalue weighted by atomic mass is 32.2. The van der Waals surface area contributed by atoms with Gasteiger partial charge in [-0.25, -0.2) is 12.8 Å². The van der Waals surface area contributed by atoms with Crippen LogP contribution in [-0.4, -0.2) is 85.6 Å². The van der Waals surface area contributed by atoms with Crippen LogP contribution in [-0.2, 0) is 43.3 Å². The summed E-state index contributed by atoms with van der Waals surface area (Å²) in [5, 5.41) is 11.4. The molecule has 1 N–H and O–H groups in total. The van der Waals surface area contributed by atoms with Crippen LogP contribution >= 0.6 is 0 Å². The quantitative estimate of drug-likeness (QED) is 0.354. The summed E-state index contributed by atoms with van der Waals surface area (Å²) in [6, 6.07) is 7.90. The first-order valence-electron chi connectivity index (χ1n) is 13.8. The fourth-order valence-corrected chi connectivity index (χ4v) is 5.90. The number of aromatic amines is 1. The Morgan fingerprint density at radius 1 is 1.02 bits per heavy atom. The van der Waals surface area contributed by atoms with Gasteiger partial charge in [-0.2, -0.15) is 28.6 Å². The molecule has 3 heterocycles. The average Bonchev–Trinajstić information content (AvgIpc) is 3.39. The van der Waals surface area contributed by atoms with E-state index >= 15 is 0 Å². The van der Waals surface area contributed by atoms with Crippen LogP contribution in [0.4, 0.5) is 17.6 Å². The summed E-state index contributed by atoms with van der Waals surface area (Å²) >= 11 is 0. The molecule has 5 rings (SSSR count). The second kappa shape index (κ2) is 13.0. The Labute approximate surface area is 246 Å². The van der Waals surface area contributed by atoms with Gasteiger partial charge in [0, 0.05) is 39.0 Å². The number of halogens is 4. The molecule has 234 valence electrons. The zero-order valence-corrected chi connectivity index (χ0v) is 24.5. The number of sulfone groups is 1. The molecule has 0 radical (unpaired) electrons. The third kappa shape index (κ3) is 7.77. The van der Waals surface area contributed by atoms with E-state index in [1.807, 2.05) is 4.90 Å². The monoisotopic (exact) mass is 627 g/mol. The second-order valence-corrected chi connectivity index (χ2v) is 12.7. The van der Waals surface area contributed by atoms with Crippen LogP contribution in [0.5, 0.6) is 0 Å². The molecule has 0 bridgehead atoms. The van der Waals surface area contributed by atoms with Gasteiger partial charge in [0.15, 0.2) is 16.1 Å². The lowest BCUT2D eigenvalue weighted by Gasteiger charge is -2.42. The first kappa shape index (κ1) is 31.5. The smallest absolute Gasteiger partial charge is 0.379 e. The van der Waals surface area contributed by atoms with Crippen molar-refractivity contribution in [3.05, 3.63) is 76.4 Å². The van der Waals surface area contributed by atoms with Crippen molar-refractivity contribution in [1.82, 2.24) is 25.2 Å². The van der Waals surface area contributed by atoms with Gasteiger partial charge in [-0.15, -0.1) is 0 Å². The Bertz CT molecular complexity index is 1500. The predicted molar refractivity (Wildman–Crippen MR) is 146 cm³/mol. The largest absolute Gasteiger partial charge is 0.416 e. The van der Waals surface area contributed by atoms with Crippen molar-refractivity contribution in [3.8, 4) is 0 Å². The van der Waals surface area contributed by atoms with E-state index in [0.717, 1.165) is 31.1 Å². The number of hydrogen-bond donors (Lipinski definition) is 1. The van der Waals surface area contributed by atoms with Crippen LogP contribution in [0.25, 0.3) is 0 Å². The zero-order valence-electron chi connectivity index (χ0n) is 23.7. The SMILES string of the molecule is C[C@@H](OC1OCCN(Cc2n[nH]nc2CN2CCOCC2)C1c1ccc(F)cc1)c1cc(C(F)(F)F)cc(S(C)(=O)=O)c1. The minimum atomic E-state index is -4.76. The van der Waals surface area contributed by atoms with Gasteiger partial charge in [0.25, 0.3) is 0 Å². The van der Waals surface area contributed by atoms with Crippen molar-refractivity contribution in [3.63, 3.8) is 0 Å². The standard InChI is InChI=1S/C28H33F4N5O5S/c1-18(20-13-21(28(30,31)32)15-23(14-20)43(2,38)39)42-27-26(19-3-5-22(29)6-4-19)37(9-12-41-27)17-25-24(33-35-34-25)16-36-7-10-40-11-8-36/h3-6,13-15,18,26-27H,7-12,16-17H2,1-2H3,(H,33,34,35)/t18-,26?,27?/m1/s1. The van der Waals surface area contributed by atoms with Gasteiger partial charge < -0.3 is 14.2 Å². The van der Waals surface area contributed by atoms with Gasteiger partial charge in [-0.05, 0) is 48.4 Å². The molecule has 2 saturated heterocycles. The molecule has 0 spiro atoms. The van der Waals surface area contributed by atoms with Gasteiger partial charge in [-0.3, -0.25) is 9.80 Å². The van der Waals surface area contributed by atoms with Gasteiger partial charge in [0.05, 0.1) is 42.4 Å². The highest BCUT2D eigenvalue weighted by Crippen LogP contribution is 2.37. The molecule has 3 atom stereocenters. The number of alkyl halides is 3. The van der Waals surface area contributed by atoms with E-state index in [0.29, 0.717) is 50.2 Å². The van der Waals surface area contributed by atoms with Crippen LogP contribution in [0.15, 0.2) is 47.4 Å². The first-order valence-corrected chi connectivity index (χ1v) is 15.6. The maximum absolute atomic E-state index is 13.9. The topological polar surface area (TPSA) is 110 Å². The molecular weight excluding hydrogens is 594 g/mol. The number of rotatable bonds is 9. The highest BCUT2D eigenvalue weighted by molar-refractivity contribution is 7.90. The lowest BCUT2D eigenvalue weighted by molar-refractivity contribution is -0.231. The number of benzene rings is 2. The fourth-order valence-electron chi connectivity index (χ4n) is 5.21. The van der Waals surface area contributed by atoms with Crippen LogP contribution in [0.3, 0.4) is 0 Å². The summed E-state index contributed by atoms with van der Waals surface area (Å²) in [5.41, 5.74) is 1.08. The molecular formula is C28H33F4N5O5S. The van der Waals surface area contributed by atoms with Crippen LogP contribution < -0.4 is 0 Å². The van der Waals surface area contributed by atoms with Crippen LogP contribution in [0.1, 0.15) is 47.1 Å². The molecule has 1 aromatic heterocycles. The molecule has 2 aliphatic rings. The number of nitrogens with zero attached hydrogens (tertiary/aromatic N) is 4. The third-order valence-electron chi connectivity index (χ3n) is 7.55. The van der Waals surface area contributed by atoms with E-state index in [-0.39, 0.29) is 12.2 Å². The fraction of sp³-hybridized carbons (Fsp3) is 0.500.